The van der Waals surface area contributed by atoms with Gasteiger partial charge in [-0.15, -0.1) is 5.10 Å². The summed E-state index contributed by atoms with van der Waals surface area (Å²) in [4.78, 5) is 18.1. The molecular weight excluding hydrogens is 404 g/mol. The lowest BCUT2D eigenvalue weighted by molar-refractivity contribution is -0.129. The smallest absolute Gasteiger partial charge is 0.231 e. The minimum absolute atomic E-state index is 0.132. The second kappa shape index (κ2) is 7.65. The zero-order valence-electron chi connectivity index (χ0n) is 16.5. The van der Waals surface area contributed by atoms with Gasteiger partial charge in [0.25, 0.3) is 0 Å². The van der Waals surface area contributed by atoms with Crippen molar-refractivity contribution in [3.63, 3.8) is 0 Å². The summed E-state index contributed by atoms with van der Waals surface area (Å²) in [6.45, 7) is 2.96. The number of benzene rings is 1. The Kier molecular flexibility index (Phi) is 4.83. The van der Waals surface area contributed by atoms with Crippen molar-refractivity contribution < 1.29 is 13.9 Å². The number of carbonyl (C=O) groups excluding carboxylic acids is 1. The molecule has 7 nitrogen and oxygen atoms in total. The van der Waals surface area contributed by atoms with E-state index in [0.717, 1.165) is 42.5 Å². The highest BCUT2D eigenvalue weighted by Gasteiger charge is 2.26. The average molecular weight is 425 g/mol. The fourth-order valence-corrected chi connectivity index (χ4v) is 4.27. The Balaban J connectivity index is 1.35. The van der Waals surface area contributed by atoms with E-state index in [1.807, 2.05) is 35.2 Å². The zero-order chi connectivity index (χ0) is 20.7. The van der Waals surface area contributed by atoms with Gasteiger partial charge in [-0.1, -0.05) is 11.6 Å². The van der Waals surface area contributed by atoms with Crippen LogP contribution in [0, 0.1) is 0 Å². The molecular formula is C22H21ClN4O3. The van der Waals surface area contributed by atoms with E-state index in [-0.39, 0.29) is 11.9 Å². The summed E-state index contributed by atoms with van der Waals surface area (Å²) in [5.41, 5.74) is 2.19. The lowest BCUT2D eigenvalue weighted by Crippen LogP contribution is -2.34. The highest BCUT2D eigenvalue weighted by atomic mass is 35.5. The molecule has 8 heteroatoms. The number of amides is 1. The second-order valence-electron chi connectivity index (χ2n) is 7.52. The molecule has 154 valence electrons. The third-order valence-electron chi connectivity index (χ3n) is 5.55. The largest absolute Gasteiger partial charge is 0.477 e. The van der Waals surface area contributed by atoms with E-state index in [1.165, 1.54) is 0 Å². The molecule has 1 aromatic carbocycles. The Hall–Kier alpha value is -3.06. The van der Waals surface area contributed by atoms with Crippen molar-refractivity contribution in [2.24, 2.45) is 0 Å². The van der Waals surface area contributed by atoms with Crippen LogP contribution in [-0.4, -0.2) is 44.6 Å². The standard InChI is InChI=1S/C22H21ClN4O3/c1-14(28)26-9-2-3-17(26)8-10-29-22-7-6-21-24-13-18(27(21)25-22)20-12-15-11-16(23)4-5-19(15)30-20/h4-7,11-13,17H,2-3,8-10H2,1H3/t17-/m0/s1. The Bertz CT molecular complexity index is 1230. The van der Waals surface area contributed by atoms with Gasteiger partial charge in [0.15, 0.2) is 11.4 Å². The van der Waals surface area contributed by atoms with Gasteiger partial charge in [0.1, 0.15) is 11.3 Å². The maximum atomic E-state index is 11.7. The van der Waals surface area contributed by atoms with Gasteiger partial charge in [-0.25, -0.2) is 9.50 Å². The van der Waals surface area contributed by atoms with Crippen LogP contribution in [0.4, 0.5) is 0 Å². The molecule has 1 atom stereocenters. The maximum absolute atomic E-state index is 11.7. The van der Waals surface area contributed by atoms with Gasteiger partial charge in [0, 0.05) is 42.4 Å². The minimum Gasteiger partial charge on any atom is -0.477 e. The molecule has 1 fully saturated rings. The molecule has 0 unspecified atom stereocenters. The quantitative estimate of drug-likeness (QED) is 0.469. The summed E-state index contributed by atoms with van der Waals surface area (Å²) in [5, 5.41) is 6.17. The number of imidazole rings is 1. The maximum Gasteiger partial charge on any atom is 0.231 e. The van der Waals surface area contributed by atoms with Crippen LogP contribution in [0.2, 0.25) is 5.02 Å². The molecule has 0 aliphatic carbocycles. The minimum atomic E-state index is 0.132. The van der Waals surface area contributed by atoms with Crippen molar-refractivity contribution in [2.75, 3.05) is 13.2 Å². The molecule has 0 bridgehead atoms. The number of aromatic nitrogens is 3. The molecule has 3 aromatic heterocycles. The van der Waals surface area contributed by atoms with E-state index in [9.17, 15) is 4.79 Å². The predicted octanol–water partition coefficient (Wildman–Crippen LogP) is 4.58. The fourth-order valence-electron chi connectivity index (χ4n) is 4.09. The van der Waals surface area contributed by atoms with Gasteiger partial charge in [-0.05, 0) is 43.2 Å². The summed E-state index contributed by atoms with van der Waals surface area (Å²) >= 11 is 6.08. The predicted molar refractivity (Wildman–Crippen MR) is 114 cm³/mol. The van der Waals surface area contributed by atoms with Crippen LogP contribution >= 0.6 is 11.6 Å². The number of ether oxygens (including phenoxy) is 1. The first-order valence-corrected chi connectivity index (χ1v) is 10.4. The molecule has 4 heterocycles. The first-order valence-electron chi connectivity index (χ1n) is 10.0. The van der Waals surface area contributed by atoms with Gasteiger partial charge >= 0.3 is 0 Å². The molecule has 0 saturated carbocycles. The molecule has 1 saturated heterocycles. The second-order valence-corrected chi connectivity index (χ2v) is 7.96. The van der Waals surface area contributed by atoms with Gasteiger partial charge in [0.2, 0.25) is 11.8 Å². The van der Waals surface area contributed by atoms with Crippen LogP contribution < -0.4 is 4.74 Å². The molecule has 0 N–H and O–H groups in total. The Labute approximate surface area is 178 Å². The molecule has 1 amide bonds. The normalized spacial score (nSPS) is 16.6. The van der Waals surface area contributed by atoms with E-state index in [4.69, 9.17) is 20.8 Å². The van der Waals surface area contributed by atoms with E-state index < -0.39 is 0 Å². The first-order chi connectivity index (χ1) is 14.6. The lowest BCUT2D eigenvalue weighted by Gasteiger charge is -2.23. The van der Waals surface area contributed by atoms with E-state index >= 15 is 0 Å². The molecule has 30 heavy (non-hydrogen) atoms. The number of halogens is 1. The van der Waals surface area contributed by atoms with Crippen LogP contribution in [0.25, 0.3) is 28.1 Å². The van der Waals surface area contributed by atoms with Crippen molar-refractivity contribution >= 4 is 34.1 Å². The van der Waals surface area contributed by atoms with Crippen LogP contribution in [0.1, 0.15) is 26.2 Å². The summed E-state index contributed by atoms with van der Waals surface area (Å²) < 4.78 is 13.6. The average Bonchev–Trinajstić information content (AvgIpc) is 3.44. The highest BCUT2D eigenvalue weighted by molar-refractivity contribution is 6.31. The number of fused-ring (bicyclic) bond motifs is 2. The van der Waals surface area contributed by atoms with Gasteiger partial charge < -0.3 is 14.1 Å². The van der Waals surface area contributed by atoms with E-state index in [0.29, 0.717) is 28.9 Å². The number of furan rings is 1. The fraction of sp³-hybridized carbons (Fsp3) is 0.318. The zero-order valence-corrected chi connectivity index (χ0v) is 17.3. The van der Waals surface area contributed by atoms with Crippen molar-refractivity contribution in [1.82, 2.24) is 19.5 Å². The van der Waals surface area contributed by atoms with Crippen LogP contribution in [0.5, 0.6) is 5.88 Å². The molecule has 1 aliphatic heterocycles. The van der Waals surface area contributed by atoms with E-state index in [1.54, 1.807) is 23.7 Å². The SMILES string of the molecule is CC(=O)N1CCC[C@H]1CCOc1ccc2ncc(-c3cc4cc(Cl)ccc4o3)n2n1. The van der Waals surface area contributed by atoms with E-state index in [2.05, 4.69) is 10.1 Å². The van der Waals surface area contributed by atoms with Crippen molar-refractivity contribution in [3.8, 4) is 17.3 Å². The third kappa shape index (κ3) is 3.50. The van der Waals surface area contributed by atoms with Crippen molar-refractivity contribution in [2.45, 2.75) is 32.2 Å². The molecule has 0 spiro atoms. The first kappa shape index (κ1) is 18.9. The molecule has 5 rings (SSSR count). The lowest BCUT2D eigenvalue weighted by atomic mass is 10.1. The van der Waals surface area contributed by atoms with Crippen molar-refractivity contribution in [1.29, 1.82) is 0 Å². The van der Waals surface area contributed by atoms with Crippen LogP contribution in [-0.2, 0) is 4.79 Å². The van der Waals surface area contributed by atoms with Crippen LogP contribution in [0.15, 0.2) is 47.0 Å². The number of carbonyl (C=O) groups is 1. The third-order valence-corrected chi connectivity index (χ3v) is 5.79. The summed E-state index contributed by atoms with van der Waals surface area (Å²) in [7, 11) is 0. The van der Waals surface area contributed by atoms with Crippen LogP contribution in [0.3, 0.4) is 0 Å². The Morgan fingerprint density at radius 2 is 2.20 bits per heavy atom. The summed E-state index contributed by atoms with van der Waals surface area (Å²) in [6.07, 6.45) is 4.60. The molecule has 0 radical (unpaired) electrons. The van der Waals surface area contributed by atoms with Gasteiger partial charge in [-0.3, -0.25) is 4.79 Å². The Morgan fingerprint density at radius 1 is 1.30 bits per heavy atom. The van der Waals surface area contributed by atoms with Gasteiger partial charge in [0.05, 0.1) is 12.8 Å². The van der Waals surface area contributed by atoms with Crippen molar-refractivity contribution in [3.05, 3.63) is 47.6 Å². The number of likely N-dealkylation sites (tertiary alicyclic amines) is 1. The highest BCUT2D eigenvalue weighted by Crippen LogP contribution is 2.30. The number of nitrogens with zero attached hydrogens (tertiary/aromatic N) is 4. The number of rotatable bonds is 5. The molecule has 4 aromatic rings. The monoisotopic (exact) mass is 424 g/mol. The summed E-state index contributed by atoms with van der Waals surface area (Å²) in [5.74, 6) is 1.30. The number of hydrogen-bond donors (Lipinski definition) is 0. The summed E-state index contributed by atoms with van der Waals surface area (Å²) in [6, 6.07) is 11.4. The van der Waals surface area contributed by atoms with Gasteiger partial charge in [-0.2, -0.15) is 0 Å². The molecule has 1 aliphatic rings. The number of hydrogen-bond acceptors (Lipinski definition) is 5. The Morgan fingerprint density at radius 3 is 3.07 bits per heavy atom. The topological polar surface area (TPSA) is 72.9 Å².